The Morgan fingerprint density at radius 3 is 2.73 bits per heavy atom. The zero-order chi connectivity index (χ0) is 11.0. The lowest BCUT2D eigenvalue weighted by Gasteiger charge is -2.08. The number of halogens is 2. The smallest absolute Gasteiger partial charge is 0.116 e. The number of rotatable bonds is 2. The number of hydrogen-bond donors (Lipinski definition) is 1. The molecule has 2 rings (SSSR count). The van der Waals surface area contributed by atoms with Crippen molar-refractivity contribution in [3.8, 4) is 0 Å². The van der Waals surface area contributed by atoms with Crippen LogP contribution in [0.25, 0.3) is 0 Å². The predicted molar refractivity (Wildman–Crippen MR) is 70.1 cm³/mol. The first kappa shape index (κ1) is 11.6. The Bertz CT molecular complexity index is 477. The van der Waals surface area contributed by atoms with Crippen LogP contribution in [0.4, 0.5) is 0 Å². The molecule has 0 saturated carbocycles. The van der Waals surface area contributed by atoms with Crippen molar-refractivity contribution in [1.82, 2.24) is 0 Å². The van der Waals surface area contributed by atoms with E-state index in [1.54, 1.807) is 11.3 Å². The van der Waals surface area contributed by atoms with Crippen LogP contribution in [0, 0.1) is 6.92 Å². The van der Waals surface area contributed by atoms with Gasteiger partial charge >= 0.3 is 0 Å². The van der Waals surface area contributed by atoms with E-state index in [1.807, 2.05) is 24.4 Å². The highest BCUT2D eigenvalue weighted by Gasteiger charge is 2.19. The van der Waals surface area contributed by atoms with Gasteiger partial charge in [0.05, 0.1) is 13.7 Å². The van der Waals surface area contributed by atoms with Crippen LogP contribution in [0.1, 0.15) is 21.4 Å². The highest BCUT2D eigenvalue weighted by Crippen LogP contribution is 2.38. The molecular formula is C10H8BrClOS2. The molecule has 2 aromatic rings. The van der Waals surface area contributed by atoms with E-state index >= 15 is 0 Å². The maximum Gasteiger partial charge on any atom is 0.116 e. The van der Waals surface area contributed by atoms with Gasteiger partial charge in [0.25, 0.3) is 0 Å². The van der Waals surface area contributed by atoms with Crippen molar-refractivity contribution in [3.63, 3.8) is 0 Å². The van der Waals surface area contributed by atoms with E-state index in [2.05, 4.69) is 15.9 Å². The zero-order valence-corrected chi connectivity index (χ0v) is 11.8. The van der Waals surface area contributed by atoms with Crippen molar-refractivity contribution in [1.29, 1.82) is 0 Å². The van der Waals surface area contributed by atoms with Gasteiger partial charge in [0.1, 0.15) is 6.10 Å². The molecule has 1 atom stereocenters. The lowest BCUT2D eigenvalue weighted by molar-refractivity contribution is 0.224. The Hall–Kier alpha value is 0.130. The Kier molecular flexibility index (Phi) is 3.52. The van der Waals surface area contributed by atoms with Crippen LogP contribution in [0.15, 0.2) is 21.3 Å². The van der Waals surface area contributed by atoms with E-state index in [9.17, 15) is 5.11 Å². The summed E-state index contributed by atoms with van der Waals surface area (Å²) >= 11 is 12.5. The number of aryl methyl sites for hydroxylation is 1. The molecule has 2 heterocycles. The molecule has 1 N–H and O–H groups in total. The second-order valence-electron chi connectivity index (χ2n) is 3.10. The molecule has 1 unspecified atom stereocenters. The fourth-order valence-corrected chi connectivity index (χ4v) is 4.28. The van der Waals surface area contributed by atoms with Crippen molar-refractivity contribution in [2.75, 3.05) is 0 Å². The minimum atomic E-state index is -0.611. The molecule has 0 radical (unpaired) electrons. The lowest BCUT2D eigenvalue weighted by atomic mass is 10.1. The van der Waals surface area contributed by atoms with Gasteiger partial charge in [-0.2, -0.15) is 0 Å². The quantitative estimate of drug-likeness (QED) is 0.855. The van der Waals surface area contributed by atoms with Crippen molar-refractivity contribution in [3.05, 3.63) is 41.6 Å². The first-order valence-electron chi connectivity index (χ1n) is 4.26. The third-order valence-corrected chi connectivity index (χ3v) is 5.09. The minimum Gasteiger partial charge on any atom is -0.383 e. The number of aliphatic hydroxyl groups excluding tert-OH is 1. The standard InChI is InChI=1S/C10H8BrClOS2/c1-5-6(4-8(11)15-5)9(13)10-7(12)2-3-14-10/h2-4,9,13H,1H3. The Balaban J connectivity index is 2.40. The largest absolute Gasteiger partial charge is 0.383 e. The maximum atomic E-state index is 10.2. The summed E-state index contributed by atoms with van der Waals surface area (Å²) in [6.45, 7) is 2.00. The van der Waals surface area contributed by atoms with Crippen LogP contribution in [0.5, 0.6) is 0 Å². The monoisotopic (exact) mass is 322 g/mol. The Morgan fingerprint density at radius 2 is 2.27 bits per heavy atom. The number of hydrogen-bond acceptors (Lipinski definition) is 3. The summed E-state index contributed by atoms with van der Waals surface area (Å²) in [6, 6.07) is 3.75. The van der Waals surface area contributed by atoms with Gasteiger partial charge in [0, 0.05) is 10.4 Å². The summed E-state index contributed by atoms with van der Waals surface area (Å²) in [5, 5.41) is 12.7. The topological polar surface area (TPSA) is 20.2 Å². The lowest BCUT2D eigenvalue weighted by Crippen LogP contribution is -1.97. The molecule has 0 bridgehead atoms. The van der Waals surface area contributed by atoms with Gasteiger partial charge in [-0.1, -0.05) is 11.6 Å². The second kappa shape index (κ2) is 4.55. The molecule has 0 aliphatic heterocycles. The molecule has 0 amide bonds. The van der Waals surface area contributed by atoms with E-state index in [0.29, 0.717) is 5.02 Å². The molecule has 5 heteroatoms. The van der Waals surface area contributed by atoms with Crippen molar-refractivity contribution in [2.45, 2.75) is 13.0 Å². The minimum absolute atomic E-state index is 0.611. The predicted octanol–water partition coefficient (Wildman–Crippen LogP) is 4.62. The summed E-state index contributed by atoms with van der Waals surface area (Å²) in [5.74, 6) is 0. The van der Waals surface area contributed by atoms with Crippen molar-refractivity contribution < 1.29 is 5.11 Å². The average molecular weight is 324 g/mol. The SMILES string of the molecule is Cc1sc(Br)cc1C(O)c1sccc1Cl. The zero-order valence-electron chi connectivity index (χ0n) is 7.83. The molecule has 0 fully saturated rings. The molecule has 0 aromatic carbocycles. The summed E-state index contributed by atoms with van der Waals surface area (Å²) in [6.07, 6.45) is -0.611. The summed E-state index contributed by atoms with van der Waals surface area (Å²) in [7, 11) is 0. The molecular weight excluding hydrogens is 316 g/mol. The van der Waals surface area contributed by atoms with Gasteiger partial charge in [-0.15, -0.1) is 22.7 Å². The van der Waals surface area contributed by atoms with Gasteiger partial charge in [0.15, 0.2) is 0 Å². The van der Waals surface area contributed by atoms with Crippen LogP contribution >= 0.6 is 50.2 Å². The molecule has 15 heavy (non-hydrogen) atoms. The molecule has 80 valence electrons. The first-order valence-corrected chi connectivity index (χ1v) is 7.13. The van der Waals surface area contributed by atoms with E-state index < -0.39 is 6.10 Å². The number of thiophene rings is 2. The fourth-order valence-electron chi connectivity index (χ4n) is 1.37. The van der Waals surface area contributed by atoms with Gasteiger partial charge in [-0.25, -0.2) is 0 Å². The Morgan fingerprint density at radius 1 is 1.53 bits per heavy atom. The molecule has 0 aliphatic carbocycles. The third kappa shape index (κ3) is 2.29. The first-order chi connectivity index (χ1) is 7.09. The molecule has 0 saturated heterocycles. The highest BCUT2D eigenvalue weighted by molar-refractivity contribution is 9.11. The molecule has 0 spiro atoms. The summed E-state index contributed by atoms with van der Waals surface area (Å²) in [5.41, 5.74) is 0.927. The van der Waals surface area contributed by atoms with Crippen LogP contribution in [0.3, 0.4) is 0 Å². The van der Waals surface area contributed by atoms with Crippen LogP contribution in [0.2, 0.25) is 5.02 Å². The van der Waals surface area contributed by atoms with Crippen molar-refractivity contribution >= 4 is 50.2 Å². The molecule has 1 nitrogen and oxygen atoms in total. The van der Waals surface area contributed by atoms with E-state index in [1.165, 1.54) is 11.3 Å². The normalized spacial score (nSPS) is 13.1. The fraction of sp³-hybridized carbons (Fsp3) is 0.200. The molecule has 0 aliphatic rings. The third-order valence-electron chi connectivity index (χ3n) is 2.11. The average Bonchev–Trinajstić information content (AvgIpc) is 2.71. The van der Waals surface area contributed by atoms with E-state index in [4.69, 9.17) is 11.6 Å². The van der Waals surface area contributed by atoms with Crippen LogP contribution in [-0.2, 0) is 0 Å². The van der Waals surface area contributed by atoms with E-state index in [0.717, 1.165) is 19.1 Å². The van der Waals surface area contributed by atoms with Crippen LogP contribution in [-0.4, -0.2) is 5.11 Å². The van der Waals surface area contributed by atoms with Gasteiger partial charge in [-0.3, -0.25) is 0 Å². The molecule has 2 aromatic heterocycles. The second-order valence-corrected chi connectivity index (χ2v) is 7.09. The van der Waals surface area contributed by atoms with Crippen LogP contribution < -0.4 is 0 Å². The van der Waals surface area contributed by atoms with E-state index in [-0.39, 0.29) is 0 Å². The summed E-state index contributed by atoms with van der Waals surface area (Å²) < 4.78 is 1.03. The van der Waals surface area contributed by atoms with Gasteiger partial charge in [0.2, 0.25) is 0 Å². The van der Waals surface area contributed by atoms with Gasteiger partial charge in [-0.05, 0) is 40.4 Å². The highest BCUT2D eigenvalue weighted by atomic mass is 79.9. The van der Waals surface area contributed by atoms with Gasteiger partial charge < -0.3 is 5.11 Å². The summed E-state index contributed by atoms with van der Waals surface area (Å²) in [4.78, 5) is 1.92. The number of aliphatic hydroxyl groups is 1. The van der Waals surface area contributed by atoms with Crippen molar-refractivity contribution in [2.24, 2.45) is 0 Å². The maximum absolute atomic E-state index is 10.2. The Labute approximate surface area is 109 Å².